The fourth-order valence-electron chi connectivity index (χ4n) is 2.24. The Labute approximate surface area is 152 Å². The van der Waals surface area contributed by atoms with Gasteiger partial charge in [0.2, 0.25) is 0 Å². The summed E-state index contributed by atoms with van der Waals surface area (Å²) in [5.74, 6) is -1.46. The third kappa shape index (κ3) is 3.81. The van der Waals surface area contributed by atoms with Gasteiger partial charge in [-0.15, -0.1) is 0 Å². The van der Waals surface area contributed by atoms with E-state index in [1.165, 1.54) is 18.2 Å². The standard InChI is InChI=1S/C18H11ClFNO3S/c19-14-4-2-1-3-12(14)9-16-17(23)21(18(24)25-16)10-15(22)11-5-7-13(20)8-6-11/h1-9H,10H2/b16-9-. The fraction of sp³-hybridized carbons (Fsp3) is 0.0556. The molecule has 0 bridgehead atoms. The lowest BCUT2D eigenvalue weighted by Gasteiger charge is -2.11. The quantitative estimate of drug-likeness (QED) is 0.587. The van der Waals surface area contributed by atoms with Crippen LogP contribution in [0.25, 0.3) is 6.08 Å². The summed E-state index contributed by atoms with van der Waals surface area (Å²) in [6.45, 7) is -0.393. The van der Waals surface area contributed by atoms with Gasteiger partial charge in [0.25, 0.3) is 11.1 Å². The minimum Gasteiger partial charge on any atom is -0.292 e. The first-order chi connectivity index (χ1) is 12.0. The Hall–Kier alpha value is -2.44. The van der Waals surface area contributed by atoms with Gasteiger partial charge in [0.15, 0.2) is 5.78 Å². The molecule has 0 aliphatic carbocycles. The van der Waals surface area contributed by atoms with E-state index in [0.29, 0.717) is 10.6 Å². The molecule has 2 amide bonds. The Kier molecular flexibility index (Phi) is 5.01. The molecular weight excluding hydrogens is 365 g/mol. The topological polar surface area (TPSA) is 54.5 Å². The molecule has 1 aliphatic heterocycles. The number of rotatable bonds is 4. The monoisotopic (exact) mass is 375 g/mol. The third-order valence-electron chi connectivity index (χ3n) is 3.53. The normalized spacial score (nSPS) is 15.9. The second-order valence-electron chi connectivity index (χ2n) is 5.22. The molecule has 0 saturated carbocycles. The Balaban J connectivity index is 1.79. The Morgan fingerprint density at radius 1 is 1.12 bits per heavy atom. The number of halogens is 2. The van der Waals surface area contributed by atoms with Crippen LogP contribution in [0.1, 0.15) is 15.9 Å². The molecule has 0 spiro atoms. The van der Waals surface area contributed by atoms with Crippen molar-refractivity contribution in [2.75, 3.05) is 6.54 Å². The molecule has 126 valence electrons. The van der Waals surface area contributed by atoms with Crippen LogP contribution in [0.2, 0.25) is 5.02 Å². The maximum absolute atomic E-state index is 12.9. The van der Waals surface area contributed by atoms with Gasteiger partial charge in [-0.1, -0.05) is 29.8 Å². The molecule has 1 aliphatic rings. The lowest BCUT2D eigenvalue weighted by molar-refractivity contribution is -0.122. The Morgan fingerprint density at radius 2 is 1.80 bits per heavy atom. The third-order valence-corrected chi connectivity index (χ3v) is 4.78. The van der Waals surface area contributed by atoms with Gasteiger partial charge < -0.3 is 0 Å². The average Bonchev–Trinajstić information content (AvgIpc) is 2.85. The number of hydrogen-bond acceptors (Lipinski definition) is 4. The van der Waals surface area contributed by atoms with Crippen LogP contribution in [-0.2, 0) is 4.79 Å². The molecule has 1 fully saturated rings. The zero-order valence-electron chi connectivity index (χ0n) is 12.7. The van der Waals surface area contributed by atoms with Crippen molar-refractivity contribution in [2.45, 2.75) is 0 Å². The summed E-state index contributed by atoms with van der Waals surface area (Å²) in [7, 11) is 0. The SMILES string of the molecule is O=C(CN1C(=O)S/C(=C\c2ccccc2Cl)C1=O)c1ccc(F)cc1. The molecule has 1 heterocycles. The lowest BCUT2D eigenvalue weighted by Crippen LogP contribution is -2.33. The van der Waals surface area contributed by atoms with Gasteiger partial charge in [-0.3, -0.25) is 19.3 Å². The minimum absolute atomic E-state index is 0.199. The Bertz CT molecular complexity index is 895. The first-order valence-electron chi connectivity index (χ1n) is 7.24. The molecule has 0 atom stereocenters. The number of Topliss-reactive ketones (excluding diaryl/α,β-unsaturated/α-hetero) is 1. The van der Waals surface area contributed by atoms with Crippen LogP contribution in [0, 0.1) is 5.82 Å². The smallest absolute Gasteiger partial charge is 0.292 e. The highest BCUT2D eigenvalue weighted by Crippen LogP contribution is 2.33. The summed E-state index contributed by atoms with van der Waals surface area (Å²) in [6, 6.07) is 11.9. The number of hydrogen-bond donors (Lipinski definition) is 0. The van der Waals surface area contributed by atoms with Crippen molar-refractivity contribution in [3.8, 4) is 0 Å². The van der Waals surface area contributed by atoms with Gasteiger partial charge in [0, 0.05) is 10.6 Å². The molecule has 0 aromatic heterocycles. The Morgan fingerprint density at radius 3 is 2.48 bits per heavy atom. The number of nitrogens with zero attached hydrogens (tertiary/aromatic N) is 1. The number of carbonyl (C=O) groups excluding carboxylic acids is 3. The van der Waals surface area contributed by atoms with E-state index < -0.39 is 29.3 Å². The summed E-state index contributed by atoms with van der Waals surface area (Å²) < 4.78 is 12.9. The number of ketones is 1. The van der Waals surface area contributed by atoms with Crippen LogP contribution in [-0.4, -0.2) is 28.4 Å². The van der Waals surface area contributed by atoms with Gasteiger partial charge in [-0.05, 0) is 53.7 Å². The molecule has 2 aromatic rings. The van der Waals surface area contributed by atoms with E-state index in [-0.39, 0.29) is 10.5 Å². The highest BCUT2D eigenvalue weighted by Gasteiger charge is 2.36. The second-order valence-corrected chi connectivity index (χ2v) is 6.62. The molecule has 2 aromatic carbocycles. The van der Waals surface area contributed by atoms with Gasteiger partial charge in [0.05, 0.1) is 11.4 Å². The van der Waals surface area contributed by atoms with Gasteiger partial charge in [-0.25, -0.2) is 4.39 Å². The summed E-state index contributed by atoms with van der Waals surface area (Å²) in [6.07, 6.45) is 1.52. The highest BCUT2D eigenvalue weighted by molar-refractivity contribution is 8.18. The molecule has 0 unspecified atom stereocenters. The van der Waals surface area contributed by atoms with Crippen LogP contribution in [0.3, 0.4) is 0 Å². The van der Waals surface area contributed by atoms with Crippen molar-refractivity contribution in [3.05, 3.63) is 75.4 Å². The van der Waals surface area contributed by atoms with E-state index in [4.69, 9.17) is 11.6 Å². The van der Waals surface area contributed by atoms with E-state index in [1.807, 2.05) is 0 Å². The molecule has 7 heteroatoms. The van der Waals surface area contributed by atoms with Gasteiger partial charge in [-0.2, -0.15) is 0 Å². The fourth-order valence-corrected chi connectivity index (χ4v) is 3.26. The van der Waals surface area contributed by atoms with Crippen molar-refractivity contribution in [1.29, 1.82) is 0 Å². The number of benzene rings is 2. The molecular formula is C18H11ClFNO3S. The maximum atomic E-state index is 12.9. The predicted molar refractivity (Wildman–Crippen MR) is 94.9 cm³/mol. The lowest BCUT2D eigenvalue weighted by atomic mass is 10.1. The van der Waals surface area contributed by atoms with Crippen LogP contribution < -0.4 is 0 Å². The number of carbonyl (C=O) groups is 3. The van der Waals surface area contributed by atoms with Crippen LogP contribution >= 0.6 is 23.4 Å². The number of thioether (sulfide) groups is 1. The zero-order valence-corrected chi connectivity index (χ0v) is 14.3. The first-order valence-corrected chi connectivity index (χ1v) is 8.44. The minimum atomic E-state index is -0.551. The first kappa shape index (κ1) is 17.4. The van der Waals surface area contributed by atoms with Crippen LogP contribution in [0.4, 0.5) is 9.18 Å². The second kappa shape index (κ2) is 7.21. The zero-order chi connectivity index (χ0) is 18.0. The van der Waals surface area contributed by atoms with Crippen molar-refractivity contribution >= 4 is 46.4 Å². The predicted octanol–water partition coefficient (Wildman–Crippen LogP) is 4.40. The highest BCUT2D eigenvalue weighted by atomic mass is 35.5. The summed E-state index contributed by atoms with van der Waals surface area (Å²) in [5.41, 5.74) is 0.843. The van der Waals surface area contributed by atoms with Crippen molar-refractivity contribution in [2.24, 2.45) is 0 Å². The van der Waals surface area contributed by atoms with Gasteiger partial charge >= 0.3 is 0 Å². The summed E-state index contributed by atoms with van der Waals surface area (Å²) in [4.78, 5) is 37.8. The largest absolute Gasteiger partial charge is 0.293 e. The van der Waals surface area contributed by atoms with E-state index in [1.54, 1.807) is 24.3 Å². The summed E-state index contributed by atoms with van der Waals surface area (Å²) >= 11 is 6.80. The van der Waals surface area contributed by atoms with E-state index in [0.717, 1.165) is 28.8 Å². The van der Waals surface area contributed by atoms with Crippen LogP contribution in [0.5, 0.6) is 0 Å². The van der Waals surface area contributed by atoms with E-state index in [2.05, 4.69) is 0 Å². The van der Waals surface area contributed by atoms with Crippen molar-refractivity contribution < 1.29 is 18.8 Å². The van der Waals surface area contributed by atoms with Crippen molar-refractivity contribution in [1.82, 2.24) is 4.90 Å². The summed E-state index contributed by atoms with van der Waals surface area (Å²) in [5, 5.41) is -0.0737. The van der Waals surface area contributed by atoms with Gasteiger partial charge in [0.1, 0.15) is 5.82 Å². The number of amides is 2. The molecule has 0 radical (unpaired) electrons. The molecule has 0 N–H and O–H groups in total. The van der Waals surface area contributed by atoms with Crippen molar-refractivity contribution in [3.63, 3.8) is 0 Å². The maximum Gasteiger partial charge on any atom is 0.293 e. The van der Waals surface area contributed by atoms with E-state index >= 15 is 0 Å². The van der Waals surface area contributed by atoms with E-state index in [9.17, 15) is 18.8 Å². The van der Waals surface area contributed by atoms with Crippen LogP contribution in [0.15, 0.2) is 53.4 Å². The number of imide groups is 1. The molecule has 4 nitrogen and oxygen atoms in total. The molecule has 1 saturated heterocycles. The average molecular weight is 376 g/mol. The molecule has 25 heavy (non-hydrogen) atoms. The molecule has 3 rings (SSSR count).